The third-order valence-corrected chi connectivity index (χ3v) is 7.09. The highest BCUT2D eigenvalue weighted by molar-refractivity contribution is 5.93. The summed E-state index contributed by atoms with van der Waals surface area (Å²) in [5.41, 5.74) is 1.24. The van der Waals surface area contributed by atoms with Gasteiger partial charge in [0.2, 0.25) is 0 Å². The van der Waals surface area contributed by atoms with Crippen molar-refractivity contribution in [3.8, 4) is 17.2 Å². The molecule has 5 rings (SSSR count). The summed E-state index contributed by atoms with van der Waals surface area (Å²) in [7, 11) is 0. The van der Waals surface area contributed by atoms with Gasteiger partial charge in [0.05, 0.1) is 5.56 Å². The summed E-state index contributed by atoms with van der Waals surface area (Å²) >= 11 is 0. The number of ether oxygens (including phenoxy) is 2. The van der Waals surface area contributed by atoms with E-state index < -0.39 is 12.0 Å². The summed E-state index contributed by atoms with van der Waals surface area (Å²) in [6.07, 6.45) is 0.348. The molecule has 2 saturated heterocycles. The van der Waals surface area contributed by atoms with Crippen molar-refractivity contribution < 1.29 is 33.7 Å². The maximum atomic E-state index is 15.2. The Balaban J connectivity index is 1.53. The molecule has 4 heterocycles. The number of aliphatic hydroxyl groups is 3. The Labute approximate surface area is 213 Å². The molecule has 1 aromatic carbocycles. The molecule has 0 saturated carbocycles. The van der Waals surface area contributed by atoms with E-state index in [1.54, 1.807) is 13.8 Å². The fourth-order valence-electron chi connectivity index (χ4n) is 5.35. The fraction of sp³-hybridized carbons (Fsp3) is 0.560. The van der Waals surface area contributed by atoms with Gasteiger partial charge in [-0.2, -0.15) is 4.98 Å². The van der Waals surface area contributed by atoms with Crippen LogP contribution < -0.4 is 15.0 Å². The topological polar surface area (TPSA) is 146 Å². The number of nitrogens with one attached hydrogen (secondary N) is 1. The van der Waals surface area contributed by atoms with E-state index in [1.807, 2.05) is 0 Å². The van der Waals surface area contributed by atoms with Crippen LogP contribution >= 0.6 is 0 Å². The van der Waals surface area contributed by atoms with E-state index in [1.165, 1.54) is 6.07 Å². The van der Waals surface area contributed by atoms with Crippen LogP contribution in [0, 0.1) is 19.7 Å². The van der Waals surface area contributed by atoms with Gasteiger partial charge in [-0.1, -0.05) is 5.16 Å². The first-order chi connectivity index (χ1) is 17.6. The third-order valence-electron chi connectivity index (χ3n) is 7.09. The second kappa shape index (κ2) is 10.1. The standard InChI is InChI=1S/C25H32FN5O6/c1-13-10-17(28-16-5-8-35-9-6-16)4-7-31(13)23-21(24-27-15(3)30-37-24)14(2)19-11-18(36-25(32,33)34)12-20(26)22(19)29-23/h11-13,16-17,28,32-34H,4-10H2,1-3H3. The lowest BCUT2D eigenvalue weighted by Crippen LogP contribution is -2.51. The molecule has 2 aliphatic rings. The molecule has 37 heavy (non-hydrogen) atoms. The van der Waals surface area contributed by atoms with Crippen LogP contribution in [0.2, 0.25) is 0 Å². The monoisotopic (exact) mass is 517 g/mol. The molecule has 2 unspecified atom stereocenters. The number of hydrogen-bond acceptors (Lipinski definition) is 11. The van der Waals surface area contributed by atoms with E-state index in [-0.39, 0.29) is 23.2 Å². The number of aromatic nitrogens is 3. The Morgan fingerprint density at radius 2 is 1.86 bits per heavy atom. The van der Waals surface area contributed by atoms with E-state index in [2.05, 4.69) is 32.0 Å². The van der Waals surface area contributed by atoms with Crippen molar-refractivity contribution in [2.24, 2.45) is 0 Å². The van der Waals surface area contributed by atoms with E-state index in [0.29, 0.717) is 46.8 Å². The van der Waals surface area contributed by atoms with Gasteiger partial charge >= 0.3 is 6.16 Å². The van der Waals surface area contributed by atoms with Gasteiger partial charge in [-0.15, -0.1) is 0 Å². The summed E-state index contributed by atoms with van der Waals surface area (Å²) in [6, 6.07) is 3.23. The van der Waals surface area contributed by atoms with Crippen molar-refractivity contribution >= 4 is 16.7 Å². The number of hydrogen-bond donors (Lipinski definition) is 4. The van der Waals surface area contributed by atoms with Crippen molar-refractivity contribution in [2.45, 2.75) is 70.7 Å². The Kier molecular flexibility index (Phi) is 7.03. The van der Waals surface area contributed by atoms with Crippen LogP contribution in [0.5, 0.6) is 5.75 Å². The van der Waals surface area contributed by atoms with E-state index in [0.717, 1.165) is 45.0 Å². The first kappa shape index (κ1) is 25.7. The van der Waals surface area contributed by atoms with Gasteiger partial charge in [-0.3, -0.25) is 0 Å². The summed E-state index contributed by atoms with van der Waals surface area (Å²) in [5.74, 6) is 0.219. The minimum Gasteiger partial charge on any atom is -0.417 e. The van der Waals surface area contributed by atoms with Crippen LogP contribution in [0.3, 0.4) is 0 Å². The van der Waals surface area contributed by atoms with Crippen molar-refractivity contribution in [1.82, 2.24) is 20.4 Å². The molecule has 0 radical (unpaired) electrons. The molecule has 0 aliphatic carbocycles. The molecular formula is C25H32FN5O6. The molecule has 4 N–H and O–H groups in total. The molecule has 0 spiro atoms. The molecule has 11 nitrogen and oxygen atoms in total. The van der Waals surface area contributed by atoms with Crippen LogP contribution in [-0.2, 0) is 4.74 Å². The van der Waals surface area contributed by atoms with Crippen molar-refractivity contribution in [2.75, 3.05) is 24.7 Å². The Morgan fingerprint density at radius 3 is 2.51 bits per heavy atom. The lowest BCUT2D eigenvalue weighted by molar-refractivity contribution is -0.419. The summed E-state index contributed by atoms with van der Waals surface area (Å²) < 4.78 is 30.9. The lowest BCUT2D eigenvalue weighted by Gasteiger charge is -2.41. The quantitative estimate of drug-likeness (QED) is 0.357. The second-order valence-electron chi connectivity index (χ2n) is 9.88. The second-order valence-corrected chi connectivity index (χ2v) is 9.88. The molecular weight excluding hydrogens is 485 g/mol. The van der Waals surface area contributed by atoms with Crippen LogP contribution in [-0.4, -0.2) is 74.5 Å². The zero-order valence-electron chi connectivity index (χ0n) is 21.1. The van der Waals surface area contributed by atoms with Gasteiger partial charge in [-0.05, 0) is 58.1 Å². The van der Waals surface area contributed by atoms with Gasteiger partial charge < -0.3 is 39.5 Å². The minimum absolute atomic E-state index is 0.0777. The highest BCUT2D eigenvalue weighted by Crippen LogP contribution is 2.40. The number of aryl methyl sites for hydroxylation is 2. The van der Waals surface area contributed by atoms with E-state index in [4.69, 9.17) is 14.2 Å². The lowest BCUT2D eigenvalue weighted by atomic mass is 9.94. The molecule has 2 aromatic heterocycles. The predicted molar refractivity (Wildman–Crippen MR) is 131 cm³/mol. The molecule has 3 aromatic rings. The Hall–Kier alpha value is -2.90. The summed E-state index contributed by atoms with van der Waals surface area (Å²) in [6.45, 7) is 7.88. The van der Waals surface area contributed by atoms with Crippen molar-refractivity contribution in [3.63, 3.8) is 0 Å². The van der Waals surface area contributed by atoms with Gasteiger partial charge in [0.1, 0.15) is 17.1 Å². The van der Waals surface area contributed by atoms with E-state index >= 15 is 4.39 Å². The third kappa shape index (κ3) is 5.53. The molecule has 0 bridgehead atoms. The van der Waals surface area contributed by atoms with Gasteiger partial charge in [0, 0.05) is 49.3 Å². The number of rotatable bonds is 6. The highest BCUT2D eigenvalue weighted by atomic mass is 19.1. The van der Waals surface area contributed by atoms with Crippen LogP contribution in [0.25, 0.3) is 22.4 Å². The first-order valence-corrected chi connectivity index (χ1v) is 12.5. The smallest absolute Gasteiger partial charge is 0.417 e. The average molecular weight is 518 g/mol. The van der Waals surface area contributed by atoms with Gasteiger partial charge in [0.15, 0.2) is 11.6 Å². The first-order valence-electron chi connectivity index (χ1n) is 12.5. The maximum absolute atomic E-state index is 15.2. The van der Waals surface area contributed by atoms with Crippen LogP contribution in [0.4, 0.5) is 10.2 Å². The molecule has 2 fully saturated rings. The molecule has 2 aliphatic heterocycles. The molecule has 2 atom stereocenters. The van der Waals surface area contributed by atoms with Gasteiger partial charge in [0.25, 0.3) is 5.89 Å². The highest BCUT2D eigenvalue weighted by Gasteiger charge is 2.33. The average Bonchev–Trinajstić information content (AvgIpc) is 3.25. The minimum atomic E-state index is -3.45. The van der Waals surface area contributed by atoms with Crippen LogP contribution in [0.15, 0.2) is 16.7 Å². The fourth-order valence-corrected chi connectivity index (χ4v) is 5.35. The molecule has 200 valence electrons. The van der Waals surface area contributed by atoms with Crippen molar-refractivity contribution in [3.05, 3.63) is 29.3 Å². The van der Waals surface area contributed by atoms with Crippen LogP contribution in [0.1, 0.15) is 44.0 Å². The summed E-state index contributed by atoms with van der Waals surface area (Å²) in [5, 5.41) is 35.7. The number of nitrogens with zero attached hydrogens (tertiary/aromatic N) is 4. The van der Waals surface area contributed by atoms with Crippen molar-refractivity contribution in [1.29, 1.82) is 0 Å². The Bertz CT molecular complexity index is 1270. The number of halogens is 1. The number of benzene rings is 1. The zero-order valence-corrected chi connectivity index (χ0v) is 21.1. The predicted octanol–water partition coefficient (Wildman–Crippen LogP) is 2.13. The molecule has 12 heteroatoms. The number of pyridine rings is 1. The summed E-state index contributed by atoms with van der Waals surface area (Å²) in [4.78, 5) is 11.3. The SMILES string of the molecule is Cc1noc(-c2c(N3CCC(NC4CCOCC4)CC3C)nc3c(F)cc(OC(O)(O)O)cc3c2C)n1. The maximum Gasteiger partial charge on any atom is 0.453 e. The number of piperidine rings is 1. The number of anilines is 1. The zero-order chi connectivity index (χ0) is 26.3. The van der Waals surface area contributed by atoms with Gasteiger partial charge in [-0.25, -0.2) is 9.37 Å². The molecule has 0 amide bonds. The largest absolute Gasteiger partial charge is 0.453 e. The number of fused-ring (bicyclic) bond motifs is 1. The normalized spacial score (nSPS) is 21.5. The Morgan fingerprint density at radius 1 is 1.11 bits per heavy atom. The van der Waals surface area contributed by atoms with E-state index in [9.17, 15) is 15.3 Å².